The lowest BCUT2D eigenvalue weighted by atomic mass is 10.1. The van der Waals surface area contributed by atoms with Crippen LogP contribution in [0, 0.1) is 6.92 Å². The summed E-state index contributed by atoms with van der Waals surface area (Å²) in [6.45, 7) is 5.79. The molecule has 0 radical (unpaired) electrons. The highest BCUT2D eigenvalue weighted by Crippen LogP contribution is 2.24. The van der Waals surface area contributed by atoms with Crippen molar-refractivity contribution in [1.82, 2.24) is 15.1 Å². The Morgan fingerprint density at radius 2 is 1.93 bits per heavy atom. The molecule has 5 nitrogen and oxygen atoms in total. The van der Waals surface area contributed by atoms with Crippen LogP contribution in [-0.2, 0) is 19.7 Å². The van der Waals surface area contributed by atoms with Crippen molar-refractivity contribution in [1.29, 1.82) is 0 Å². The highest BCUT2D eigenvalue weighted by molar-refractivity contribution is 9.10. The third kappa shape index (κ3) is 4.77. The first kappa shape index (κ1) is 19.2. The summed E-state index contributed by atoms with van der Waals surface area (Å²) in [5.74, 6) is 0.694. The van der Waals surface area contributed by atoms with Gasteiger partial charge in [0.25, 0.3) is 5.91 Å². The molecule has 0 fully saturated rings. The number of ether oxygens (including phenoxy) is 1. The molecule has 3 aromatic rings. The first-order valence-electron chi connectivity index (χ1n) is 8.84. The van der Waals surface area contributed by atoms with E-state index >= 15 is 0 Å². The number of carbonyl (C=O) groups excluding carboxylic acids is 1. The average molecular weight is 428 g/mol. The minimum absolute atomic E-state index is 0.100. The van der Waals surface area contributed by atoms with Crippen molar-refractivity contribution in [3.05, 3.63) is 81.6 Å². The molecule has 1 aromatic heterocycles. The van der Waals surface area contributed by atoms with Crippen LogP contribution in [0.4, 0.5) is 0 Å². The molecule has 6 heteroatoms. The molecule has 0 unspecified atom stereocenters. The molecular formula is C21H22BrN3O2. The van der Waals surface area contributed by atoms with E-state index in [4.69, 9.17) is 4.74 Å². The van der Waals surface area contributed by atoms with Crippen molar-refractivity contribution < 1.29 is 9.53 Å². The van der Waals surface area contributed by atoms with Crippen LogP contribution in [0.5, 0.6) is 5.75 Å². The molecule has 0 atom stereocenters. The van der Waals surface area contributed by atoms with Crippen LogP contribution in [0.1, 0.15) is 34.1 Å². The molecule has 0 aliphatic heterocycles. The maximum atomic E-state index is 12.4. The van der Waals surface area contributed by atoms with Gasteiger partial charge in [-0.05, 0) is 59.6 Å². The van der Waals surface area contributed by atoms with Gasteiger partial charge in [-0.15, -0.1) is 0 Å². The summed E-state index contributed by atoms with van der Waals surface area (Å²) >= 11 is 3.46. The van der Waals surface area contributed by atoms with Gasteiger partial charge >= 0.3 is 0 Å². The van der Waals surface area contributed by atoms with E-state index in [1.54, 1.807) is 6.20 Å². The summed E-state index contributed by atoms with van der Waals surface area (Å²) in [5, 5.41) is 7.24. The number of benzene rings is 2. The molecule has 0 saturated carbocycles. The van der Waals surface area contributed by atoms with Gasteiger partial charge in [-0.3, -0.25) is 9.48 Å². The summed E-state index contributed by atoms with van der Waals surface area (Å²) in [6, 6.07) is 15.2. The summed E-state index contributed by atoms with van der Waals surface area (Å²) in [6.07, 6.45) is 1.81. The largest absolute Gasteiger partial charge is 0.488 e. The van der Waals surface area contributed by atoms with Gasteiger partial charge in [0.15, 0.2) is 0 Å². The number of hydrogen-bond donors (Lipinski definition) is 1. The highest BCUT2D eigenvalue weighted by atomic mass is 79.9. The molecule has 0 saturated heterocycles. The van der Waals surface area contributed by atoms with Crippen LogP contribution < -0.4 is 10.1 Å². The predicted octanol–water partition coefficient (Wildman–Crippen LogP) is 4.48. The molecule has 1 N–H and O–H groups in total. The van der Waals surface area contributed by atoms with Crippen LogP contribution in [0.2, 0.25) is 0 Å². The Balaban J connectivity index is 1.55. The van der Waals surface area contributed by atoms with Crippen LogP contribution in [-0.4, -0.2) is 15.7 Å². The van der Waals surface area contributed by atoms with E-state index in [9.17, 15) is 4.79 Å². The normalized spacial score (nSPS) is 10.6. The molecule has 0 aliphatic rings. The zero-order valence-corrected chi connectivity index (χ0v) is 17.0. The summed E-state index contributed by atoms with van der Waals surface area (Å²) in [4.78, 5) is 12.4. The lowest BCUT2D eigenvalue weighted by molar-refractivity contribution is 0.0951. The molecule has 0 spiro atoms. The number of carbonyl (C=O) groups is 1. The van der Waals surface area contributed by atoms with Crippen LogP contribution in [0.25, 0.3) is 0 Å². The number of rotatable bonds is 7. The maximum Gasteiger partial charge on any atom is 0.251 e. The molecule has 27 heavy (non-hydrogen) atoms. The lowest BCUT2D eigenvalue weighted by Crippen LogP contribution is -2.23. The predicted molar refractivity (Wildman–Crippen MR) is 109 cm³/mol. The number of para-hydroxylation sites is 1. The average Bonchev–Trinajstić information content (AvgIpc) is 3.05. The Labute approximate surface area is 167 Å². The molecule has 1 heterocycles. The van der Waals surface area contributed by atoms with Crippen molar-refractivity contribution >= 4 is 21.8 Å². The Hall–Kier alpha value is -2.60. The quantitative estimate of drug-likeness (QED) is 0.604. The first-order valence-corrected chi connectivity index (χ1v) is 9.63. The number of hydrogen-bond acceptors (Lipinski definition) is 3. The van der Waals surface area contributed by atoms with Gasteiger partial charge in [0.1, 0.15) is 12.4 Å². The Kier molecular flexibility index (Phi) is 6.29. The third-order valence-electron chi connectivity index (χ3n) is 4.39. The molecule has 140 valence electrons. The van der Waals surface area contributed by atoms with Gasteiger partial charge in [0, 0.05) is 29.9 Å². The van der Waals surface area contributed by atoms with Gasteiger partial charge in [0.2, 0.25) is 0 Å². The fraction of sp³-hybridized carbons (Fsp3) is 0.238. The Bertz CT molecular complexity index is 919. The molecule has 0 bridgehead atoms. The summed E-state index contributed by atoms with van der Waals surface area (Å²) in [7, 11) is 0. The van der Waals surface area contributed by atoms with Gasteiger partial charge < -0.3 is 10.1 Å². The SMILES string of the molecule is CCn1ncc(CNC(=O)c2ccc(COc3ccccc3Br)cc2)c1C. The maximum absolute atomic E-state index is 12.4. The van der Waals surface area contributed by atoms with Crippen molar-refractivity contribution in [2.75, 3.05) is 0 Å². The van der Waals surface area contributed by atoms with Gasteiger partial charge in [-0.1, -0.05) is 24.3 Å². The molecule has 0 aliphatic carbocycles. The van der Waals surface area contributed by atoms with Crippen LogP contribution in [0.15, 0.2) is 59.2 Å². The number of nitrogens with one attached hydrogen (secondary N) is 1. The topological polar surface area (TPSA) is 56.2 Å². The monoisotopic (exact) mass is 427 g/mol. The van der Waals surface area contributed by atoms with E-state index in [1.807, 2.05) is 67.1 Å². The molecular weight excluding hydrogens is 406 g/mol. The third-order valence-corrected chi connectivity index (χ3v) is 5.05. The first-order chi connectivity index (χ1) is 13.1. The summed E-state index contributed by atoms with van der Waals surface area (Å²) in [5.41, 5.74) is 3.74. The second kappa shape index (κ2) is 8.86. The lowest BCUT2D eigenvalue weighted by Gasteiger charge is -2.09. The zero-order chi connectivity index (χ0) is 19.2. The highest BCUT2D eigenvalue weighted by Gasteiger charge is 2.09. The zero-order valence-electron chi connectivity index (χ0n) is 15.4. The number of aromatic nitrogens is 2. The second-order valence-electron chi connectivity index (χ2n) is 6.17. The number of amides is 1. The fourth-order valence-electron chi connectivity index (χ4n) is 2.73. The molecule has 1 amide bonds. The van der Waals surface area contributed by atoms with Crippen molar-refractivity contribution in [3.8, 4) is 5.75 Å². The van der Waals surface area contributed by atoms with E-state index in [1.165, 1.54) is 0 Å². The van der Waals surface area contributed by atoms with Crippen LogP contribution >= 0.6 is 15.9 Å². The van der Waals surface area contributed by atoms with E-state index in [0.717, 1.165) is 33.6 Å². The number of nitrogens with zero attached hydrogens (tertiary/aromatic N) is 2. The minimum Gasteiger partial charge on any atom is -0.488 e. The molecule has 2 aromatic carbocycles. The molecule has 3 rings (SSSR count). The van der Waals surface area contributed by atoms with Crippen molar-refractivity contribution in [3.63, 3.8) is 0 Å². The van der Waals surface area contributed by atoms with Crippen molar-refractivity contribution in [2.24, 2.45) is 0 Å². The number of halogens is 1. The fourth-order valence-corrected chi connectivity index (χ4v) is 3.13. The standard InChI is InChI=1S/C21H22BrN3O2/c1-3-25-15(2)18(13-24-25)12-23-21(26)17-10-8-16(9-11-17)14-27-20-7-5-4-6-19(20)22/h4-11,13H,3,12,14H2,1-2H3,(H,23,26). The van der Waals surface area contributed by atoms with Gasteiger partial charge in [0.05, 0.1) is 10.7 Å². The minimum atomic E-state index is -0.100. The van der Waals surface area contributed by atoms with E-state index < -0.39 is 0 Å². The van der Waals surface area contributed by atoms with E-state index in [-0.39, 0.29) is 5.91 Å². The Morgan fingerprint density at radius 1 is 1.19 bits per heavy atom. The van der Waals surface area contributed by atoms with E-state index in [0.29, 0.717) is 18.7 Å². The van der Waals surface area contributed by atoms with Crippen molar-refractivity contribution in [2.45, 2.75) is 33.5 Å². The Morgan fingerprint density at radius 3 is 2.59 bits per heavy atom. The smallest absolute Gasteiger partial charge is 0.251 e. The van der Waals surface area contributed by atoms with E-state index in [2.05, 4.69) is 26.3 Å². The summed E-state index contributed by atoms with van der Waals surface area (Å²) < 4.78 is 8.64. The number of aryl methyl sites for hydroxylation is 1. The van der Waals surface area contributed by atoms with Gasteiger partial charge in [-0.25, -0.2) is 0 Å². The van der Waals surface area contributed by atoms with Crippen LogP contribution in [0.3, 0.4) is 0 Å². The van der Waals surface area contributed by atoms with Gasteiger partial charge in [-0.2, -0.15) is 5.10 Å². The second-order valence-corrected chi connectivity index (χ2v) is 7.02.